The first-order valence-electron chi connectivity index (χ1n) is 11.0. The summed E-state index contributed by atoms with van der Waals surface area (Å²) in [5.41, 5.74) is 2.98. The van der Waals surface area contributed by atoms with Crippen LogP contribution in [0, 0.1) is 11.7 Å². The number of nitrogens with one attached hydrogen (secondary N) is 1. The number of para-hydroxylation sites is 1. The molecule has 0 radical (unpaired) electrons. The van der Waals surface area contributed by atoms with E-state index in [-0.39, 0.29) is 12.2 Å². The number of hydrogen-bond acceptors (Lipinski definition) is 5. The maximum atomic E-state index is 13.4. The maximum Gasteiger partial charge on any atom is 0.326 e. The normalized spacial score (nSPS) is 14.2. The van der Waals surface area contributed by atoms with Gasteiger partial charge in [0.1, 0.15) is 29.5 Å². The van der Waals surface area contributed by atoms with Crippen molar-refractivity contribution < 1.29 is 19.0 Å². The largest absolute Gasteiger partial charge is 0.493 e. The molecular formula is C25H22BrFN4O3. The lowest BCUT2D eigenvalue weighted by atomic mass is 10.0. The fraction of sp³-hybridized carbons (Fsp3) is 0.240. The van der Waals surface area contributed by atoms with Gasteiger partial charge in [-0.1, -0.05) is 30.3 Å². The first-order valence-corrected chi connectivity index (χ1v) is 11.8. The molecule has 0 aliphatic heterocycles. The number of aromatic nitrogens is 3. The van der Waals surface area contributed by atoms with Gasteiger partial charge in [-0.15, -0.1) is 0 Å². The van der Waals surface area contributed by atoms with E-state index >= 15 is 0 Å². The van der Waals surface area contributed by atoms with Crippen molar-refractivity contribution in [2.24, 2.45) is 5.92 Å². The average molecular weight is 525 g/mol. The lowest BCUT2D eigenvalue weighted by Gasteiger charge is -2.18. The number of ether oxygens (including phenoxy) is 1. The highest BCUT2D eigenvalue weighted by Crippen LogP contribution is 2.36. The molecule has 174 valence electrons. The van der Waals surface area contributed by atoms with Gasteiger partial charge in [0.2, 0.25) is 0 Å². The average Bonchev–Trinajstić information content (AvgIpc) is 3.60. The van der Waals surface area contributed by atoms with Crippen LogP contribution < -0.4 is 10.1 Å². The second-order valence-corrected chi connectivity index (χ2v) is 9.16. The standard InChI is InChI=1S/C25H22BrFN4O3/c26-22-19(16-7-9-18(27)10-8-16)12-31-23(22)24(28-14-29-31)30-20(25(32)33)11-17-3-1-2-4-21(17)34-13-15-5-6-15/h1-4,7-10,12,14-15,20H,5-6,11,13H2,(H,32,33)(H,28,29,30). The number of fused-ring (bicyclic) bond motifs is 1. The zero-order valence-corrected chi connectivity index (χ0v) is 19.7. The van der Waals surface area contributed by atoms with Crippen molar-refractivity contribution in [2.45, 2.75) is 25.3 Å². The van der Waals surface area contributed by atoms with Crippen LogP contribution in [-0.4, -0.2) is 38.3 Å². The summed E-state index contributed by atoms with van der Waals surface area (Å²) in [6, 6.07) is 12.7. The third-order valence-electron chi connectivity index (χ3n) is 5.84. The van der Waals surface area contributed by atoms with E-state index in [9.17, 15) is 14.3 Å². The third kappa shape index (κ3) is 4.75. The SMILES string of the molecule is O=C(O)C(Cc1ccccc1OCC1CC1)Nc1ncnn2cc(-c3ccc(F)cc3)c(Br)c12. The molecule has 2 N–H and O–H groups in total. The van der Waals surface area contributed by atoms with Crippen molar-refractivity contribution in [3.05, 3.63) is 76.9 Å². The number of carboxylic acids is 1. The summed E-state index contributed by atoms with van der Waals surface area (Å²) in [7, 11) is 0. The van der Waals surface area contributed by atoms with Crippen LogP contribution >= 0.6 is 15.9 Å². The Morgan fingerprint density at radius 2 is 2.00 bits per heavy atom. The molecule has 1 aliphatic rings. The van der Waals surface area contributed by atoms with Gasteiger partial charge in [0.05, 0.1) is 11.1 Å². The van der Waals surface area contributed by atoms with Crippen LogP contribution in [0.5, 0.6) is 5.75 Å². The molecular weight excluding hydrogens is 503 g/mol. The molecule has 7 nitrogen and oxygen atoms in total. The highest BCUT2D eigenvalue weighted by Gasteiger charge is 2.25. The topological polar surface area (TPSA) is 88.8 Å². The first-order chi connectivity index (χ1) is 16.5. The van der Waals surface area contributed by atoms with Gasteiger partial charge in [-0.05, 0) is 64.0 Å². The Bertz CT molecular complexity index is 1340. The summed E-state index contributed by atoms with van der Waals surface area (Å²) in [5, 5.41) is 17.3. The van der Waals surface area contributed by atoms with Crippen LogP contribution in [-0.2, 0) is 11.2 Å². The van der Waals surface area contributed by atoms with Gasteiger partial charge < -0.3 is 15.2 Å². The fourth-order valence-corrected chi connectivity index (χ4v) is 4.50. The number of benzene rings is 2. The number of carbonyl (C=O) groups is 1. The molecule has 9 heteroatoms. The van der Waals surface area contributed by atoms with E-state index in [4.69, 9.17) is 4.74 Å². The monoisotopic (exact) mass is 524 g/mol. The van der Waals surface area contributed by atoms with Gasteiger partial charge in [0, 0.05) is 18.2 Å². The summed E-state index contributed by atoms with van der Waals surface area (Å²) < 4.78 is 21.6. The predicted molar refractivity (Wildman–Crippen MR) is 129 cm³/mol. The molecule has 2 aromatic carbocycles. The zero-order chi connectivity index (χ0) is 23.7. The van der Waals surface area contributed by atoms with Gasteiger partial charge in [0.25, 0.3) is 0 Å². The van der Waals surface area contributed by atoms with Gasteiger partial charge in [-0.2, -0.15) is 5.10 Å². The number of rotatable bonds is 9. The van der Waals surface area contributed by atoms with E-state index in [0.717, 1.165) is 16.7 Å². The number of nitrogens with zero attached hydrogens (tertiary/aromatic N) is 3. The van der Waals surface area contributed by atoms with E-state index in [2.05, 4.69) is 31.3 Å². The third-order valence-corrected chi connectivity index (χ3v) is 6.65. The highest BCUT2D eigenvalue weighted by molar-refractivity contribution is 9.10. The van der Waals surface area contributed by atoms with Gasteiger partial charge >= 0.3 is 5.97 Å². The molecule has 2 heterocycles. The van der Waals surface area contributed by atoms with Gasteiger partial charge in [0.15, 0.2) is 5.82 Å². The minimum absolute atomic E-state index is 0.218. The Balaban J connectivity index is 1.44. The maximum absolute atomic E-state index is 13.4. The molecule has 2 aromatic heterocycles. The van der Waals surface area contributed by atoms with Crippen LogP contribution in [0.2, 0.25) is 0 Å². The van der Waals surface area contributed by atoms with Crippen molar-refractivity contribution in [3.63, 3.8) is 0 Å². The second kappa shape index (κ2) is 9.42. The Kier molecular flexibility index (Phi) is 6.19. The second-order valence-electron chi connectivity index (χ2n) is 8.37. The predicted octanol–water partition coefficient (Wildman–Crippen LogP) is 5.19. The summed E-state index contributed by atoms with van der Waals surface area (Å²) in [6.45, 7) is 0.651. The summed E-state index contributed by atoms with van der Waals surface area (Å²) in [6.07, 6.45) is 5.72. The lowest BCUT2D eigenvalue weighted by Crippen LogP contribution is -2.32. The highest BCUT2D eigenvalue weighted by atomic mass is 79.9. The molecule has 0 spiro atoms. The lowest BCUT2D eigenvalue weighted by molar-refractivity contribution is -0.137. The Labute approximate surface area is 203 Å². The molecule has 0 amide bonds. The minimum atomic E-state index is -1.00. The Hall–Kier alpha value is -3.46. The number of hydrogen-bond donors (Lipinski definition) is 2. The summed E-state index contributed by atoms with van der Waals surface area (Å²) in [4.78, 5) is 16.5. The summed E-state index contributed by atoms with van der Waals surface area (Å²) >= 11 is 3.60. The number of halogens is 2. The van der Waals surface area contributed by atoms with E-state index in [1.807, 2.05) is 24.3 Å². The van der Waals surface area contributed by atoms with Crippen LogP contribution in [0.4, 0.5) is 10.2 Å². The van der Waals surface area contributed by atoms with Gasteiger partial charge in [-0.25, -0.2) is 18.7 Å². The molecule has 34 heavy (non-hydrogen) atoms. The molecule has 1 fully saturated rings. The molecule has 1 atom stereocenters. The van der Waals surface area contributed by atoms with E-state index in [1.54, 1.807) is 22.8 Å². The number of anilines is 1. The smallest absolute Gasteiger partial charge is 0.326 e. The number of aliphatic carboxylic acids is 1. The molecule has 1 aliphatic carbocycles. The van der Waals surface area contributed by atoms with Crippen molar-refractivity contribution >= 4 is 33.2 Å². The van der Waals surface area contributed by atoms with Crippen molar-refractivity contribution in [1.29, 1.82) is 0 Å². The molecule has 1 unspecified atom stereocenters. The van der Waals surface area contributed by atoms with Crippen LogP contribution in [0.15, 0.2) is 65.5 Å². The molecule has 4 aromatic rings. The molecule has 0 saturated heterocycles. The summed E-state index contributed by atoms with van der Waals surface area (Å²) in [5.74, 6) is 0.348. The minimum Gasteiger partial charge on any atom is -0.493 e. The van der Waals surface area contributed by atoms with Crippen molar-refractivity contribution in [2.75, 3.05) is 11.9 Å². The van der Waals surface area contributed by atoms with E-state index in [1.165, 1.54) is 31.3 Å². The van der Waals surface area contributed by atoms with Crippen LogP contribution in [0.1, 0.15) is 18.4 Å². The Morgan fingerprint density at radius 3 is 2.74 bits per heavy atom. The molecule has 0 bridgehead atoms. The number of carboxylic acid groups (broad SMARTS) is 1. The zero-order valence-electron chi connectivity index (χ0n) is 18.1. The van der Waals surface area contributed by atoms with Crippen molar-refractivity contribution in [3.8, 4) is 16.9 Å². The first kappa shape index (κ1) is 22.3. The van der Waals surface area contributed by atoms with Crippen LogP contribution in [0.3, 0.4) is 0 Å². The van der Waals surface area contributed by atoms with E-state index < -0.39 is 12.0 Å². The molecule has 5 rings (SSSR count). The Morgan fingerprint density at radius 1 is 1.24 bits per heavy atom. The van der Waals surface area contributed by atoms with Gasteiger partial charge in [-0.3, -0.25) is 0 Å². The molecule has 1 saturated carbocycles. The quantitative estimate of drug-likeness (QED) is 0.313. The van der Waals surface area contributed by atoms with Crippen molar-refractivity contribution in [1.82, 2.24) is 14.6 Å². The van der Waals surface area contributed by atoms with Crippen LogP contribution in [0.25, 0.3) is 16.6 Å². The fourth-order valence-electron chi connectivity index (χ4n) is 3.80. The van der Waals surface area contributed by atoms with E-state index in [0.29, 0.717) is 34.1 Å².